The molecule has 2 rings (SSSR count). The first-order valence-electron chi connectivity index (χ1n) is 5.82. The number of carboxylic acids is 1. The van der Waals surface area contributed by atoms with Gasteiger partial charge in [-0.05, 0) is 39.4 Å². The molecule has 0 radical (unpaired) electrons. The third-order valence-electron chi connectivity index (χ3n) is 3.67. The van der Waals surface area contributed by atoms with Crippen molar-refractivity contribution in [1.29, 1.82) is 0 Å². The molecular formula is C11H20N2O2. The van der Waals surface area contributed by atoms with E-state index in [1.807, 2.05) is 0 Å². The van der Waals surface area contributed by atoms with Gasteiger partial charge in [0.2, 0.25) is 0 Å². The Morgan fingerprint density at radius 1 is 1.27 bits per heavy atom. The quantitative estimate of drug-likeness (QED) is 0.723. The van der Waals surface area contributed by atoms with E-state index < -0.39 is 5.97 Å². The molecule has 2 aliphatic heterocycles. The van der Waals surface area contributed by atoms with Crippen LogP contribution in [-0.2, 0) is 4.79 Å². The Morgan fingerprint density at radius 3 is 2.60 bits per heavy atom. The van der Waals surface area contributed by atoms with Gasteiger partial charge in [0.1, 0.15) is 0 Å². The van der Waals surface area contributed by atoms with Crippen molar-refractivity contribution in [3.63, 3.8) is 0 Å². The molecule has 0 amide bonds. The molecule has 4 nitrogen and oxygen atoms in total. The second-order valence-corrected chi connectivity index (χ2v) is 4.88. The van der Waals surface area contributed by atoms with Crippen LogP contribution in [0.2, 0.25) is 0 Å². The van der Waals surface area contributed by atoms with Crippen molar-refractivity contribution in [2.24, 2.45) is 5.92 Å². The first kappa shape index (κ1) is 10.9. The Hall–Kier alpha value is -0.610. The normalized spacial score (nSPS) is 30.9. The van der Waals surface area contributed by atoms with Crippen LogP contribution < -0.4 is 0 Å². The lowest BCUT2D eigenvalue weighted by molar-refractivity contribution is -0.142. The lowest BCUT2D eigenvalue weighted by Gasteiger charge is -2.43. The number of rotatable bonds is 2. The van der Waals surface area contributed by atoms with Crippen molar-refractivity contribution in [2.45, 2.75) is 25.3 Å². The summed E-state index contributed by atoms with van der Waals surface area (Å²) in [5.41, 5.74) is 0. The predicted octanol–water partition coefficient (Wildman–Crippen LogP) is 0.487. The fourth-order valence-corrected chi connectivity index (χ4v) is 2.63. The molecule has 2 saturated heterocycles. The summed E-state index contributed by atoms with van der Waals surface area (Å²) in [6, 6.07) is 0.683. The van der Waals surface area contributed by atoms with E-state index in [4.69, 9.17) is 5.11 Å². The summed E-state index contributed by atoms with van der Waals surface area (Å²) in [5, 5.41) is 8.97. The highest BCUT2D eigenvalue weighted by atomic mass is 16.4. The van der Waals surface area contributed by atoms with Crippen molar-refractivity contribution in [1.82, 2.24) is 9.80 Å². The van der Waals surface area contributed by atoms with Crippen LogP contribution in [0.3, 0.4) is 0 Å². The van der Waals surface area contributed by atoms with Gasteiger partial charge in [0.05, 0.1) is 5.92 Å². The van der Waals surface area contributed by atoms with E-state index in [2.05, 4.69) is 16.8 Å². The molecule has 0 aromatic rings. The van der Waals surface area contributed by atoms with Crippen LogP contribution in [0.1, 0.15) is 19.3 Å². The minimum atomic E-state index is -0.609. The minimum absolute atomic E-state index is 0.104. The zero-order valence-electron chi connectivity index (χ0n) is 9.35. The summed E-state index contributed by atoms with van der Waals surface area (Å²) in [6.45, 7) is 4.35. The molecule has 0 aromatic carbocycles. The van der Waals surface area contributed by atoms with Gasteiger partial charge < -0.3 is 10.0 Å². The third kappa shape index (κ3) is 2.49. The first-order valence-corrected chi connectivity index (χ1v) is 5.82. The highest BCUT2D eigenvalue weighted by molar-refractivity contribution is 5.69. The van der Waals surface area contributed by atoms with Gasteiger partial charge in [-0.1, -0.05) is 0 Å². The van der Waals surface area contributed by atoms with Gasteiger partial charge in [0, 0.05) is 19.1 Å². The molecule has 1 unspecified atom stereocenters. The largest absolute Gasteiger partial charge is 0.481 e. The summed E-state index contributed by atoms with van der Waals surface area (Å²) in [6.07, 6.45) is 2.72. The van der Waals surface area contributed by atoms with Crippen LogP contribution in [0, 0.1) is 5.92 Å². The Labute approximate surface area is 90.9 Å². The van der Waals surface area contributed by atoms with Crippen LogP contribution in [0.5, 0.6) is 0 Å². The van der Waals surface area contributed by atoms with Crippen molar-refractivity contribution >= 4 is 5.97 Å². The van der Waals surface area contributed by atoms with E-state index in [1.165, 1.54) is 0 Å². The average Bonchev–Trinajstić information content (AvgIpc) is 2.37. The zero-order chi connectivity index (χ0) is 10.8. The molecular weight excluding hydrogens is 192 g/mol. The summed E-state index contributed by atoms with van der Waals surface area (Å²) >= 11 is 0. The lowest BCUT2D eigenvalue weighted by Crippen LogP contribution is -2.57. The number of carbonyl (C=O) groups is 1. The fraction of sp³-hybridized carbons (Fsp3) is 0.909. The Kier molecular flexibility index (Phi) is 3.26. The summed E-state index contributed by atoms with van der Waals surface area (Å²) in [4.78, 5) is 15.7. The Bertz CT molecular complexity index is 239. The maximum absolute atomic E-state index is 10.9. The van der Waals surface area contributed by atoms with Gasteiger partial charge >= 0.3 is 5.97 Å². The molecule has 0 saturated carbocycles. The Balaban J connectivity index is 1.82. The lowest BCUT2D eigenvalue weighted by atomic mass is 10.0. The van der Waals surface area contributed by atoms with Gasteiger partial charge in [0.15, 0.2) is 0 Å². The molecule has 2 heterocycles. The molecule has 0 spiro atoms. The highest BCUT2D eigenvalue weighted by Gasteiger charge is 2.31. The van der Waals surface area contributed by atoms with Gasteiger partial charge in [-0.25, -0.2) is 0 Å². The number of likely N-dealkylation sites (tertiary alicyclic amines) is 2. The first-order chi connectivity index (χ1) is 7.16. The van der Waals surface area contributed by atoms with Crippen molar-refractivity contribution in [3.8, 4) is 0 Å². The number of hydrogen-bond acceptors (Lipinski definition) is 3. The average molecular weight is 212 g/mol. The predicted molar refractivity (Wildman–Crippen MR) is 57.8 cm³/mol. The van der Waals surface area contributed by atoms with Crippen molar-refractivity contribution < 1.29 is 9.90 Å². The second kappa shape index (κ2) is 4.49. The van der Waals surface area contributed by atoms with E-state index in [1.54, 1.807) is 0 Å². The Morgan fingerprint density at radius 2 is 2.00 bits per heavy atom. The second-order valence-electron chi connectivity index (χ2n) is 4.88. The highest BCUT2D eigenvalue weighted by Crippen LogP contribution is 2.22. The number of carboxylic acid groups (broad SMARTS) is 1. The molecule has 86 valence electrons. The molecule has 2 aliphatic rings. The minimum Gasteiger partial charge on any atom is -0.481 e. The van der Waals surface area contributed by atoms with Crippen LogP contribution in [-0.4, -0.2) is 60.1 Å². The van der Waals surface area contributed by atoms with Crippen LogP contribution in [0.4, 0.5) is 0 Å². The number of aliphatic carboxylic acids is 1. The standard InChI is InChI=1S/C11H20N2O2/c1-12-7-10(8-12)13-5-2-3-9(4-6-13)11(14)15/h9-10H,2-8H2,1H3,(H,14,15). The van der Waals surface area contributed by atoms with E-state index in [-0.39, 0.29) is 5.92 Å². The number of nitrogens with zero attached hydrogens (tertiary/aromatic N) is 2. The summed E-state index contributed by atoms with van der Waals surface area (Å²) < 4.78 is 0. The van der Waals surface area contributed by atoms with Gasteiger partial charge in [-0.15, -0.1) is 0 Å². The fourth-order valence-electron chi connectivity index (χ4n) is 2.63. The van der Waals surface area contributed by atoms with E-state index in [0.717, 1.165) is 45.4 Å². The topological polar surface area (TPSA) is 43.8 Å². The van der Waals surface area contributed by atoms with E-state index >= 15 is 0 Å². The number of likely N-dealkylation sites (N-methyl/N-ethyl adjacent to an activating group) is 1. The third-order valence-corrected chi connectivity index (χ3v) is 3.67. The molecule has 0 bridgehead atoms. The molecule has 1 atom stereocenters. The van der Waals surface area contributed by atoms with Gasteiger partial charge in [0.25, 0.3) is 0 Å². The molecule has 4 heteroatoms. The molecule has 0 aromatic heterocycles. The van der Waals surface area contributed by atoms with Crippen molar-refractivity contribution in [3.05, 3.63) is 0 Å². The SMILES string of the molecule is CN1CC(N2CCCC(C(=O)O)CC2)C1. The van der Waals surface area contributed by atoms with Crippen LogP contribution in [0.15, 0.2) is 0 Å². The number of hydrogen-bond donors (Lipinski definition) is 1. The van der Waals surface area contributed by atoms with Gasteiger partial charge in [-0.3, -0.25) is 9.69 Å². The maximum Gasteiger partial charge on any atom is 0.306 e. The van der Waals surface area contributed by atoms with Gasteiger partial charge in [-0.2, -0.15) is 0 Å². The zero-order valence-corrected chi connectivity index (χ0v) is 9.35. The van der Waals surface area contributed by atoms with E-state index in [9.17, 15) is 4.79 Å². The van der Waals surface area contributed by atoms with Crippen LogP contribution in [0.25, 0.3) is 0 Å². The van der Waals surface area contributed by atoms with Crippen molar-refractivity contribution in [2.75, 3.05) is 33.2 Å². The maximum atomic E-state index is 10.9. The summed E-state index contributed by atoms with van der Waals surface area (Å²) in [5.74, 6) is -0.713. The monoisotopic (exact) mass is 212 g/mol. The molecule has 1 N–H and O–H groups in total. The smallest absolute Gasteiger partial charge is 0.306 e. The molecule has 2 fully saturated rings. The summed E-state index contributed by atoms with van der Waals surface area (Å²) in [7, 11) is 2.13. The van der Waals surface area contributed by atoms with E-state index in [0.29, 0.717) is 6.04 Å². The molecule has 15 heavy (non-hydrogen) atoms. The van der Waals surface area contributed by atoms with Crippen LogP contribution >= 0.6 is 0 Å². The molecule has 0 aliphatic carbocycles.